The minimum atomic E-state index is -0.626. The Hall–Kier alpha value is -4.54. The van der Waals surface area contributed by atoms with Gasteiger partial charge in [-0.1, -0.05) is 43.1 Å². The molecule has 0 radical (unpaired) electrons. The molecule has 0 aliphatic rings. The predicted molar refractivity (Wildman–Crippen MR) is 130 cm³/mol. The second-order valence-electron chi connectivity index (χ2n) is 8.08. The van der Waals surface area contributed by atoms with Crippen LogP contribution in [0.5, 0.6) is 5.75 Å². The van der Waals surface area contributed by atoms with E-state index in [1.54, 1.807) is 55.5 Å². The third-order valence-corrected chi connectivity index (χ3v) is 5.40. The number of carbonyl (C=O) groups excluding carboxylic acids is 2. The Morgan fingerprint density at radius 1 is 1.00 bits per heavy atom. The lowest BCUT2D eigenvalue weighted by atomic mass is 10.1. The number of carbonyl (C=O) groups is 2. The van der Waals surface area contributed by atoms with E-state index >= 15 is 0 Å². The Morgan fingerprint density at radius 2 is 1.72 bits per heavy atom. The van der Waals surface area contributed by atoms with E-state index in [2.05, 4.69) is 33.0 Å². The van der Waals surface area contributed by atoms with E-state index in [0.29, 0.717) is 40.3 Å². The molecule has 2 heterocycles. The highest BCUT2D eigenvalue weighted by Gasteiger charge is 2.17. The Balaban J connectivity index is 1.41. The number of nitrogens with zero attached hydrogens (tertiary/aromatic N) is 4. The second-order valence-corrected chi connectivity index (χ2v) is 8.08. The van der Waals surface area contributed by atoms with E-state index in [1.165, 1.54) is 4.68 Å². The van der Waals surface area contributed by atoms with E-state index in [-0.39, 0.29) is 17.9 Å². The molecular weight excluding hydrogens is 464 g/mol. The summed E-state index contributed by atoms with van der Waals surface area (Å²) in [7, 11) is 0. The van der Waals surface area contributed by atoms with Crippen molar-refractivity contribution in [3.8, 4) is 5.75 Å². The number of hydrazine groups is 1. The molecule has 2 amide bonds. The van der Waals surface area contributed by atoms with Crippen molar-refractivity contribution in [1.29, 1.82) is 0 Å². The van der Waals surface area contributed by atoms with Gasteiger partial charge in [-0.25, -0.2) is 4.68 Å². The lowest BCUT2D eigenvalue weighted by Gasteiger charge is -2.12. The summed E-state index contributed by atoms with van der Waals surface area (Å²) in [5.41, 5.74) is 4.89. The van der Waals surface area contributed by atoms with Crippen LogP contribution < -0.4 is 21.1 Å². The molecule has 0 saturated heterocycles. The molecule has 11 heteroatoms. The molecule has 186 valence electrons. The fourth-order valence-electron chi connectivity index (χ4n) is 3.56. The average molecular weight is 491 g/mol. The van der Waals surface area contributed by atoms with E-state index in [9.17, 15) is 14.4 Å². The maximum Gasteiger partial charge on any atom is 0.290 e. The highest BCUT2D eigenvalue weighted by molar-refractivity contribution is 6.06. The van der Waals surface area contributed by atoms with Crippen molar-refractivity contribution in [3.63, 3.8) is 0 Å². The molecule has 36 heavy (non-hydrogen) atoms. The van der Waals surface area contributed by atoms with Gasteiger partial charge in [0.05, 0.1) is 5.39 Å². The normalized spacial score (nSPS) is 10.8. The van der Waals surface area contributed by atoms with Gasteiger partial charge in [0, 0.05) is 24.4 Å². The fourth-order valence-corrected chi connectivity index (χ4v) is 3.56. The fraction of sp³-hybridized carbons (Fsp3) is 0.280. The van der Waals surface area contributed by atoms with Crippen LogP contribution in [0.4, 0.5) is 0 Å². The van der Waals surface area contributed by atoms with Crippen LogP contribution in [0.2, 0.25) is 0 Å². The Labute approximate surface area is 206 Å². The summed E-state index contributed by atoms with van der Waals surface area (Å²) in [6, 6.07) is 13.1. The van der Waals surface area contributed by atoms with E-state index in [0.717, 1.165) is 19.3 Å². The van der Waals surface area contributed by atoms with Crippen molar-refractivity contribution in [2.75, 3.05) is 0 Å². The average Bonchev–Trinajstić information content (AvgIpc) is 3.32. The lowest BCUT2D eigenvalue weighted by molar-refractivity contribution is 0.0843. The zero-order valence-electron chi connectivity index (χ0n) is 20.0. The Bertz CT molecular complexity index is 1430. The maximum atomic E-state index is 12.9. The van der Waals surface area contributed by atoms with Crippen LogP contribution in [-0.2, 0) is 13.2 Å². The quantitative estimate of drug-likeness (QED) is 0.269. The SMILES string of the molecule is CCCCCn1nc(C(=O)NNC(=O)c2ccc(OCc3noc(C)n3)cc2)c2ccccc2c1=O. The maximum absolute atomic E-state index is 12.9. The highest BCUT2D eigenvalue weighted by Crippen LogP contribution is 2.15. The lowest BCUT2D eigenvalue weighted by Crippen LogP contribution is -2.42. The van der Waals surface area contributed by atoms with Crippen LogP contribution in [0.15, 0.2) is 57.8 Å². The van der Waals surface area contributed by atoms with E-state index in [4.69, 9.17) is 9.26 Å². The number of unbranched alkanes of at least 4 members (excludes halogenated alkanes) is 2. The second kappa shape index (κ2) is 11.3. The topological polar surface area (TPSA) is 141 Å². The van der Waals surface area contributed by atoms with Crippen molar-refractivity contribution in [1.82, 2.24) is 30.8 Å². The highest BCUT2D eigenvalue weighted by atomic mass is 16.5. The molecular formula is C25H26N6O5. The molecule has 0 aliphatic carbocycles. The molecule has 4 aromatic rings. The standard InChI is InChI=1S/C25H26N6O5/c1-3-4-7-14-31-25(34)20-9-6-5-8-19(20)22(29-31)24(33)28-27-23(32)17-10-12-18(13-11-17)35-15-21-26-16(2)36-30-21/h5-6,8-13H,3-4,7,14-15H2,1-2H3,(H,27,32)(H,28,33). The number of benzene rings is 2. The summed E-state index contributed by atoms with van der Waals surface area (Å²) in [6.07, 6.45) is 2.71. The van der Waals surface area contributed by atoms with Crippen molar-refractivity contribution >= 4 is 22.6 Å². The van der Waals surface area contributed by atoms with Crippen LogP contribution in [0.3, 0.4) is 0 Å². The minimum absolute atomic E-state index is 0.0578. The predicted octanol–water partition coefficient (Wildman–Crippen LogP) is 2.93. The first-order valence-electron chi connectivity index (χ1n) is 11.6. The summed E-state index contributed by atoms with van der Waals surface area (Å²) in [5, 5.41) is 8.85. The third kappa shape index (κ3) is 5.74. The number of nitrogens with one attached hydrogen (secondary N) is 2. The summed E-state index contributed by atoms with van der Waals surface area (Å²) in [6.45, 7) is 4.28. The van der Waals surface area contributed by atoms with E-state index in [1.807, 2.05) is 0 Å². The molecule has 0 aliphatic heterocycles. The summed E-state index contributed by atoms with van der Waals surface area (Å²) in [4.78, 5) is 42.3. The number of ether oxygens (including phenoxy) is 1. The van der Waals surface area contributed by atoms with Gasteiger partial charge in [-0.05, 0) is 36.8 Å². The molecule has 0 atom stereocenters. The van der Waals surface area contributed by atoms with Gasteiger partial charge in [-0.2, -0.15) is 10.1 Å². The zero-order chi connectivity index (χ0) is 25.5. The van der Waals surface area contributed by atoms with Crippen LogP contribution in [0.1, 0.15) is 58.7 Å². The molecule has 0 bridgehead atoms. The monoisotopic (exact) mass is 490 g/mol. The summed E-state index contributed by atoms with van der Waals surface area (Å²) >= 11 is 0. The molecule has 0 saturated carbocycles. The van der Waals surface area contributed by atoms with Crippen molar-refractivity contribution in [2.24, 2.45) is 0 Å². The number of rotatable bonds is 9. The first kappa shape index (κ1) is 24.6. The smallest absolute Gasteiger partial charge is 0.290 e. The number of aryl methyl sites for hydroxylation is 2. The van der Waals surface area contributed by atoms with E-state index < -0.39 is 11.8 Å². The Morgan fingerprint density at radius 3 is 2.42 bits per heavy atom. The van der Waals surface area contributed by atoms with Crippen LogP contribution in [0.25, 0.3) is 10.8 Å². The first-order chi connectivity index (χ1) is 17.5. The molecule has 2 aromatic carbocycles. The molecule has 2 aromatic heterocycles. The van der Waals surface area contributed by atoms with Gasteiger partial charge in [0.1, 0.15) is 5.75 Å². The molecule has 11 nitrogen and oxygen atoms in total. The Kier molecular flexibility index (Phi) is 7.69. The van der Waals surface area contributed by atoms with Crippen molar-refractivity contribution in [2.45, 2.75) is 46.3 Å². The van der Waals surface area contributed by atoms with Gasteiger partial charge in [0.15, 0.2) is 12.3 Å². The van der Waals surface area contributed by atoms with Gasteiger partial charge >= 0.3 is 0 Å². The van der Waals surface area contributed by atoms with Crippen molar-refractivity contribution < 1.29 is 18.8 Å². The minimum Gasteiger partial charge on any atom is -0.485 e. The number of hydrogen-bond donors (Lipinski definition) is 2. The molecule has 4 rings (SSSR count). The summed E-state index contributed by atoms with van der Waals surface area (Å²) < 4.78 is 11.8. The largest absolute Gasteiger partial charge is 0.485 e. The van der Waals surface area contributed by atoms with Crippen molar-refractivity contribution in [3.05, 3.63) is 81.9 Å². The number of fused-ring (bicyclic) bond motifs is 1. The third-order valence-electron chi connectivity index (χ3n) is 5.40. The molecule has 0 fully saturated rings. The van der Waals surface area contributed by atoms with Gasteiger partial charge in [-0.15, -0.1) is 0 Å². The zero-order valence-corrected chi connectivity index (χ0v) is 20.0. The van der Waals surface area contributed by atoms with Gasteiger partial charge in [0.25, 0.3) is 17.4 Å². The van der Waals surface area contributed by atoms with Gasteiger partial charge in [0.2, 0.25) is 11.7 Å². The van der Waals surface area contributed by atoms with Gasteiger partial charge in [-0.3, -0.25) is 25.2 Å². The number of aromatic nitrogens is 4. The van der Waals surface area contributed by atoms with Crippen LogP contribution >= 0.6 is 0 Å². The number of amides is 2. The van der Waals surface area contributed by atoms with Crippen LogP contribution in [-0.4, -0.2) is 31.7 Å². The van der Waals surface area contributed by atoms with Gasteiger partial charge < -0.3 is 9.26 Å². The number of hydrogen-bond acceptors (Lipinski definition) is 8. The molecule has 0 unspecified atom stereocenters. The van der Waals surface area contributed by atoms with Crippen LogP contribution in [0, 0.1) is 6.92 Å². The molecule has 0 spiro atoms. The first-order valence-corrected chi connectivity index (χ1v) is 11.6. The summed E-state index contributed by atoms with van der Waals surface area (Å²) in [5.74, 6) is 0.221. The molecule has 2 N–H and O–H groups in total.